The lowest BCUT2D eigenvalue weighted by atomic mass is 10.1. The fourth-order valence-corrected chi connectivity index (χ4v) is 2.58. The van der Waals surface area contributed by atoms with Gasteiger partial charge >= 0.3 is 0 Å². The molecule has 3 nitrogen and oxygen atoms in total. The van der Waals surface area contributed by atoms with Gasteiger partial charge in [-0.05, 0) is 6.42 Å². The van der Waals surface area contributed by atoms with Gasteiger partial charge in [0.15, 0.2) is 0 Å². The summed E-state index contributed by atoms with van der Waals surface area (Å²) in [5, 5.41) is 0. The molecule has 1 heterocycles. The highest BCUT2D eigenvalue weighted by Crippen LogP contribution is 2.30. The van der Waals surface area contributed by atoms with Crippen LogP contribution in [0.3, 0.4) is 0 Å². The molecule has 1 fully saturated rings. The molecule has 0 atom stereocenters. The number of carbonyl (C=O) groups is 1. The van der Waals surface area contributed by atoms with Crippen molar-refractivity contribution in [3.05, 3.63) is 0 Å². The minimum Gasteiger partial charge on any atom is -0.369 e. The summed E-state index contributed by atoms with van der Waals surface area (Å²) in [5.41, 5.74) is 5.15. The minimum atomic E-state index is -0.218. The predicted molar refractivity (Wildman–Crippen MR) is 56.8 cm³/mol. The molecule has 13 heavy (non-hydrogen) atoms. The van der Waals surface area contributed by atoms with Crippen molar-refractivity contribution in [3.8, 4) is 0 Å². The maximum Gasteiger partial charge on any atom is 0.231 e. The SMILES string of the molecule is CC1(C)CCN(CC(N)=O)CCS1. The van der Waals surface area contributed by atoms with Crippen molar-refractivity contribution in [2.45, 2.75) is 25.0 Å². The highest BCUT2D eigenvalue weighted by Gasteiger charge is 2.23. The molecule has 2 N–H and O–H groups in total. The number of amides is 1. The molecule has 0 aromatic rings. The van der Waals surface area contributed by atoms with Crippen LogP contribution in [0.2, 0.25) is 0 Å². The Morgan fingerprint density at radius 3 is 2.85 bits per heavy atom. The van der Waals surface area contributed by atoms with E-state index in [9.17, 15) is 4.79 Å². The topological polar surface area (TPSA) is 46.3 Å². The summed E-state index contributed by atoms with van der Waals surface area (Å²) in [6, 6.07) is 0. The lowest BCUT2D eigenvalue weighted by Crippen LogP contribution is -2.35. The smallest absolute Gasteiger partial charge is 0.231 e. The molecule has 1 aliphatic heterocycles. The molecule has 0 unspecified atom stereocenters. The highest BCUT2D eigenvalue weighted by atomic mass is 32.2. The van der Waals surface area contributed by atoms with Crippen LogP contribution in [0.1, 0.15) is 20.3 Å². The monoisotopic (exact) mass is 202 g/mol. The van der Waals surface area contributed by atoms with Crippen molar-refractivity contribution in [1.82, 2.24) is 4.90 Å². The number of thioether (sulfide) groups is 1. The standard InChI is InChI=1S/C9H18N2OS/c1-9(2)3-4-11(5-6-13-9)7-8(10)12/h3-7H2,1-2H3,(H2,10,12). The van der Waals surface area contributed by atoms with E-state index in [0.29, 0.717) is 11.3 Å². The fourth-order valence-electron chi connectivity index (χ4n) is 1.44. The van der Waals surface area contributed by atoms with Gasteiger partial charge in [-0.3, -0.25) is 9.69 Å². The van der Waals surface area contributed by atoms with Gasteiger partial charge in [0.05, 0.1) is 6.54 Å². The van der Waals surface area contributed by atoms with Gasteiger partial charge in [0, 0.05) is 23.6 Å². The van der Waals surface area contributed by atoms with Crippen molar-refractivity contribution in [2.75, 3.05) is 25.4 Å². The van der Waals surface area contributed by atoms with Crippen LogP contribution in [0.4, 0.5) is 0 Å². The summed E-state index contributed by atoms with van der Waals surface area (Å²) >= 11 is 1.98. The van der Waals surface area contributed by atoms with E-state index in [1.165, 1.54) is 0 Å². The summed E-state index contributed by atoms with van der Waals surface area (Å²) in [6.07, 6.45) is 1.13. The maximum atomic E-state index is 10.7. The van der Waals surface area contributed by atoms with Crippen molar-refractivity contribution in [3.63, 3.8) is 0 Å². The summed E-state index contributed by atoms with van der Waals surface area (Å²) in [7, 11) is 0. The van der Waals surface area contributed by atoms with Crippen LogP contribution in [0.15, 0.2) is 0 Å². The van der Waals surface area contributed by atoms with Crippen LogP contribution >= 0.6 is 11.8 Å². The number of nitrogens with two attached hydrogens (primary N) is 1. The van der Waals surface area contributed by atoms with Gasteiger partial charge in [-0.25, -0.2) is 0 Å². The van der Waals surface area contributed by atoms with E-state index in [4.69, 9.17) is 5.73 Å². The van der Waals surface area contributed by atoms with Crippen molar-refractivity contribution < 1.29 is 4.79 Å². The Kier molecular flexibility index (Phi) is 3.62. The fraction of sp³-hybridized carbons (Fsp3) is 0.889. The Hall–Kier alpha value is -0.220. The van der Waals surface area contributed by atoms with Gasteiger partial charge in [-0.1, -0.05) is 13.8 Å². The van der Waals surface area contributed by atoms with Gasteiger partial charge in [0.1, 0.15) is 0 Å². The maximum absolute atomic E-state index is 10.7. The molecule has 1 saturated heterocycles. The molecule has 0 aromatic heterocycles. The van der Waals surface area contributed by atoms with E-state index >= 15 is 0 Å². The second kappa shape index (κ2) is 4.33. The predicted octanol–water partition coefficient (Wildman–Crippen LogP) is 0.689. The Balaban J connectivity index is 2.40. The van der Waals surface area contributed by atoms with Crippen molar-refractivity contribution in [2.24, 2.45) is 5.73 Å². The van der Waals surface area contributed by atoms with E-state index in [0.717, 1.165) is 25.3 Å². The summed E-state index contributed by atoms with van der Waals surface area (Å²) in [6.45, 7) is 6.90. The number of rotatable bonds is 2. The number of carbonyl (C=O) groups excluding carboxylic acids is 1. The van der Waals surface area contributed by atoms with Crippen molar-refractivity contribution in [1.29, 1.82) is 0 Å². The zero-order valence-electron chi connectivity index (χ0n) is 8.38. The van der Waals surface area contributed by atoms with Crippen molar-refractivity contribution >= 4 is 17.7 Å². The normalized spacial score (nSPS) is 23.8. The summed E-state index contributed by atoms with van der Waals surface area (Å²) in [4.78, 5) is 12.9. The number of primary amides is 1. The second-order valence-corrected chi connectivity index (χ2v) is 5.90. The molecule has 0 aromatic carbocycles. The minimum absolute atomic E-state index is 0.218. The van der Waals surface area contributed by atoms with Crippen LogP contribution in [0.5, 0.6) is 0 Å². The molecule has 0 saturated carbocycles. The highest BCUT2D eigenvalue weighted by molar-refractivity contribution is 8.00. The van der Waals surface area contributed by atoms with Crippen LogP contribution in [0, 0.1) is 0 Å². The first kappa shape index (κ1) is 10.9. The van der Waals surface area contributed by atoms with E-state index < -0.39 is 0 Å². The van der Waals surface area contributed by atoms with Gasteiger partial charge in [0.25, 0.3) is 0 Å². The second-order valence-electron chi connectivity index (χ2n) is 4.10. The molecule has 0 bridgehead atoms. The first-order valence-corrected chi connectivity index (χ1v) is 5.63. The Bertz CT molecular complexity index is 194. The third kappa shape index (κ3) is 4.00. The molecule has 1 aliphatic rings. The van der Waals surface area contributed by atoms with E-state index in [-0.39, 0.29) is 5.91 Å². The third-order valence-electron chi connectivity index (χ3n) is 2.31. The van der Waals surface area contributed by atoms with Crippen LogP contribution < -0.4 is 5.73 Å². The largest absolute Gasteiger partial charge is 0.369 e. The summed E-state index contributed by atoms with van der Waals surface area (Å²) < 4.78 is 0.354. The van der Waals surface area contributed by atoms with Gasteiger partial charge in [0.2, 0.25) is 5.91 Å². The lowest BCUT2D eigenvalue weighted by molar-refractivity contribution is -0.119. The molecule has 1 rings (SSSR count). The molecule has 0 spiro atoms. The molecule has 0 aliphatic carbocycles. The van der Waals surface area contributed by atoms with Gasteiger partial charge in [-0.15, -0.1) is 0 Å². The van der Waals surface area contributed by atoms with Crippen LogP contribution in [0.25, 0.3) is 0 Å². The quantitative estimate of drug-likeness (QED) is 0.716. The Morgan fingerprint density at radius 1 is 1.54 bits per heavy atom. The first-order chi connectivity index (χ1) is 5.99. The molecule has 76 valence electrons. The van der Waals surface area contributed by atoms with E-state index in [1.54, 1.807) is 0 Å². The Morgan fingerprint density at radius 2 is 2.23 bits per heavy atom. The molecule has 0 radical (unpaired) electrons. The number of hydrogen-bond acceptors (Lipinski definition) is 3. The average molecular weight is 202 g/mol. The Labute approximate surface area is 84.0 Å². The molecular weight excluding hydrogens is 184 g/mol. The zero-order valence-corrected chi connectivity index (χ0v) is 9.19. The van der Waals surface area contributed by atoms with E-state index in [1.807, 2.05) is 11.8 Å². The lowest BCUT2D eigenvalue weighted by Gasteiger charge is -2.21. The molecule has 1 amide bonds. The third-order valence-corrected chi connectivity index (χ3v) is 3.68. The van der Waals surface area contributed by atoms with Crippen LogP contribution in [-0.2, 0) is 4.79 Å². The van der Waals surface area contributed by atoms with Crippen LogP contribution in [-0.4, -0.2) is 40.9 Å². The zero-order chi connectivity index (χ0) is 9.90. The van der Waals surface area contributed by atoms with Gasteiger partial charge < -0.3 is 5.73 Å². The molecular formula is C9H18N2OS. The molecule has 4 heteroatoms. The van der Waals surface area contributed by atoms with Gasteiger partial charge in [-0.2, -0.15) is 11.8 Å². The first-order valence-electron chi connectivity index (χ1n) is 4.64. The number of nitrogens with zero attached hydrogens (tertiary/aromatic N) is 1. The average Bonchev–Trinajstić information content (AvgIpc) is 2.12. The number of hydrogen-bond donors (Lipinski definition) is 1. The van der Waals surface area contributed by atoms with E-state index in [2.05, 4.69) is 18.7 Å². The summed E-state index contributed by atoms with van der Waals surface area (Å²) in [5.74, 6) is 0.880.